The molecule has 0 fully saturated rings. The summed E-state index contributed by atoms with van der Waals surface area (Å²) in [6.45, 7) is 2.29. The zero-order valence-electron chi connectivity index (χ0n) is 16.2. The lowest BCUT2D eigenvalue weighted by molar-refractivity contribution is 0.102. The van der Waals surface area contributed by atoms with Gasteiger partial charge in [-0.05, 0) is 25.1 Å². The van der Waals surface area contributed by atoms with E-state index in [0.29, 0.717) is 28.2 Å². The fourth-order valence-corrected chi connectivity index (χ4v) is 4.42. The lowest BCUT2D eigenvalue weighted by Crippen LogP contribution is -2.28. The Kier molecular flexibility index (Phi) is 5.51. The van der Waals surface area contributed by atoms with Crippen LogP contribution < -0.4 is 5.56 Å². The first-order valence-corrected chi connectivity index (χ1v) is 10.3. The number of benzene rings is 2. The summed E-state index contributed by atoms with van der Waals surface area (Å²) < 4.78 is 6.87. The Labute approximate surface area is 171 Å². The Hall–Kier alpha value is -2.90. The second-order valence-electron chi connectivity index (χ2n) is 6.85. The SMILES string of the molecule is COCC(C)n1c(SCC(=O)c2c[nH]c3ccccc23)nc2ccccc2c1=O. The molecule has 0 aliphatic carbocycles. The van der Waals surface area contributed by atoms with E-state index >= 15 is 0 Å². The predicted octanol–water partition coefficient (Wildman–Crippen LogP) is 4.06. The van der Waals surface area contributed by atoms with Gasteiger partial charge in [0.2, 0.25) is 0 Å². The summed E-state index contributed by atoms with van der Waals surface area (Å²) in [6.07, 6.45) is 1.74. The van der Waals surface area contributed by atoms with Crippen LogP contribution in [0, 0.1) is 0 Å². The van der Waals surface area contributed by atoms with Crippen molar-refractivity contribution >= 4 is 39.4 Å². The van der Waals surface area contributed by atoms with Crippen LogP contribution in [0.15, 0.2) is 64.7 Å². The van der Waals surface area contributed by atoms with E-state index < -0.39 is 0 Å². The van der Waals surface area contributed by atoms with Crippen LogP contribution in [-0.2, 0) is 4.74 Å². The van der Waals surface area contributed by atoms with E-state index in [1.165, 1.54) is 11.8 Å². The average molecular weight is 407 g/mol. The number of nitrogens with one attached hydrogen (secondary N) is 1. The van der Waals surface area contributed by atoms with E-state index in [9.17, 15) is 9.59 Å². The Morgan fingerprint density at radius 2 is 1.90 bits per heavy atom. The first-order valence-electron chi connectivity index (χ1n) is 9.32. The number of nitrogens with zero attached hydrogens (tertiary/aromatic N) is 2. The Balaban J connectivity index is 1.68. The van der Waals surface area contributed by atoms with Gasteiger partial charge in [0.25, 0.3) is 5.56 Å². The van der Waals surface area contributed by atoms with Gasteiger partial charge in [-0.15, -0.1) is 0 Å². The largest absolute Gasteiger partial charge is 0.383 e. The molecule has 0 saturated carbocycles. The minimum atomic E-state index is -0.199. The molecule has 0 aliphatic heterocycles. The molecule has 7 heteroatoms. The van der Waals surface area contributed by atoms with Gasteiger partial charge in [-0.25, -0.2) is 4.98 Å². The Morgan fingerprint density at radius 3 is 2.69 bits per heavy atom. The van der Waals surface area contributed by atoms with Gasteiger partial charge in [0, 0.05) is 29.8 Å². The third-order valence-electron chi connectivity index (χ3n) is 4.85. The van der Waals surface area contributed by atoms with Crippen LogP contribution in [0.5, 0.6) is 0 Å². The lowest BCUT2D eigenvalue weighted by atomic mass is 10.1. The number of hydrogen-bond acceptors (Lipinski definition) is 5. The number of ether oxygens (including phenoxy) is 1. The number of Topliss-reactive ketones (excluding diaryl/α,β-unsaturated/α-hetero) is 1. The number of H-pyrrole nitrogens is 1. The highest BCUT2D eigenvalue weighted by Gasteiger charge is 2.19. The van der Waals surface area contributed by atoms with Gasteiger partial charge in [0.1, 0.15) is 0 Å². The van der Waals surface area contributed by atoms with E-state index in [1.807, 2.05) is 49.4 Å². The number of hydrogen-bond donors (Lipinski definition) is 1. The van der Waals surface area contributed by atoms with Crippen molar-refractivity contribution in [1.29, 1.82) is 0 Å². The smallest absolute Gasteiger partial charge is 0.262 e. The molecule has 2 aromatic carbocycles. The van der Waals surface area contributed by atoms with E-state index in [0.717, 1.165) is 10.9 Å². The molecule has 0 amide bonds. The number of rotatable bonds is 7. The van der Waals surface area contributed by atoms with Crippen LogP contribution in [0.1, 0.15) is 23.3 Å². The Bertz CT molecular complexity index is 1250. The van der Waals surface area contributed by atoms with Gasteiger partial charge in [-0.2, -0.15) is 0 Å². The van der Waals surface area contributed by atoms with Gasteiger partial charge in [0.15, 0.2) is 10.9 Å². The van der Waals surface area contributed by atoms with Crippen molar-refractivity contribution < 1.29 is 9.53 Å². The monoisotopic (exact) mass is 407 g/mol. The second kappa shape index (κ2) is 8.23. The Morgan fingerprint density at radius 1 is 1.17 bits per heavy atom. The lowest BCUT2D eigenvalue weighted by Gasteiger charge is -2.18. The van der Waals surface area contributed by atoms with Gasteiger partial charge < -0.3 is 9.72 Å². The molecular weight excluding hydrogens is 386 g/mol. The summed E-state index contributed by atoms with van der Waals surface area (Å²) in [5.41, 5.74) is 2.07. The number of para-hydroxylation sites is 2. The third kappa shape index (κ3) is 3.71. The van der Waals surface area contributed by atoms with E-state index in [4.69, 9.17) is 4.74 Å². The number of methoxy groups -OCH3 is 1. The summed E-state index contributed by atoms with van der Waals surface area (Å²) in [5.74, 6) is 0.174. The van der Waals surface area contributed by atoms with Crippen molar-refractivity contribution in [2.24, 2.45) is 0 Å². The van der Waals surface area contributed by atoms with Crippen molar-refractivity contribution in [3.63, 3.8) is 0 Å². The number of carbonyl (C=O) groups is 1. The van der Waals surface area contributed by atoms with E-state index in [1.54, 1.807) is 23.9 Å². The van der Waals surface area contributed by atoms with Crippen LogP contribution in [0.3, 0.4) is 0 Å². The number of ketones is 1. The molecule has 1 unspecified atom stereocenters. The predicted molar refractivity (Wildman–Crippen MR) is 116 cm³/mol. The quantitative estimate of drug-likeness (QED) is 0.284. The summed E-state index contributed by atoms with van der Waals surface area (Å²) in [6, 6.07) is 14.8. The number of thioether (sulfide) groups is 1. The third-order valence-corrected chi connectivity index (χ3v) is 5.80. The van der Waals surface area contributed by atoms with Gasteiger partial charge in [0.05, 0.1) is 29.3 Å². The highest BCUT2D eigenvalue weighted by molar-refractivity contribution is 7.99. The van der Waals surface area contributed by atoms with Crippen LogP contribution in [0.2, 0.25) is 0 Å². The molecule has 29 heavy (non-hydrogen) atoms. The van der Waals surface area contributed by atoms with Crippen LogP contribution in [0.4, 0.5) is 0 Å². The maximum absolute atomic E-state index is 13.1. The maximum Gasteiger partial charge on any atom is 0.262 e. The fourth-order valence-electron chi connectivity index (χ4n) is 3.44. The van der Waals surface area contributed by atoms with E-state index in [2.05, 4.69) is 9.97 Å². The van der Waals surface area contributed by atoms with E-state index in [-0.39, 0.29) is 23.1 Å². The minimum Gasteiger partial charge on any atom is -0.383 e. The minimum absolute atomic E-state index is 0.0131. The maximum atomic E-state index is 13.1. The second-order valence-corrected chi connectivity index (χ2v) is 7.79. The molecule has 1 atom stereocenters. The molecule has 0 spiro atoms. The number of carbonyl (C=O) groups excluding carboxylic acids is 1. The van der Waals surface area contributed by atoms with Gasteiger partial charge >= 0.3 is 0 Å². The molecule has 6 nitrogen and oxygen atoms in total. The molecule has 4 aromatic rings. The van der Waals surface area contributed by atoms with Crippen molar-refractivity contribution in [2.45, 2.75) is 18.1 Å². The molecular formula is C22H21N3O3S. The zero-order valence-corrected chi connectivity index (χ0v) is 17.0. The molecule has 148 valence electrons. The summed E-state index contributed by atoms with van der Waals surface area (Å²) >= 11 is 1.28. The van der Waals surface area contributed by atoms with Crippen molar-refractivity contribution in [2.75, 3.05) is 19.5 Å². The molecule has 0 bridgehead atoms. The zero-order chi connectivity index (χ0) is 20.4. The van der Waals surface area contributed by atoms with Crippen molar-refractivity contribution in [3.8, 4) is 0 Å². The highest BCUT2D eigenvalue weighted by atomic mass is 32.2. The number of fused-ring (bicyclic) bond motifs is 2. The molecule has 2 heterocycles. The van der Waals surface area contributed by atoms with Crippen LogP contribution in [0.25, 0.3) is 21.8 Å². The normalized spacial score (nSPS) is 12.5. The summed E-state index contributed by atoms with van der Waals surface area (Å²) in [4.78, 5) is 33.7. The average Bonchev–Trinajstić information content (AvgIpc) is 3.16. The van der Waals surface area contributed by atoms with Crippen LogP contribution in [-0.4, -0.2) is 39.8 Å². The molecule has 0 aliphatic rings. The van der Waals surface area contributed by atoms with Gasteiger partial charge in [-0.1, -0.05) is 42.1 Å². The molecule has 0 saturated heterocycles. The first kappa shape index (κ1) is 19.4. The number of aromatic nitrogens is 3. The number of aromatic amines is 1. The summed E-state index contributed by atoms with van der Waals surface area (Å²) in [7, 11) is 1.60. The van der Waals surface area contributed by atoms with Gasteiger partial charge in [-0.3, -0.25) is 14.2 Å². The molecule has 4 rings (SSSR count). The highest BCUT2D eigenvalue weighted by Crippen LogP contribution is 2.24. The van der Waals surface area contributed by atoms with Crippen molar-refractivity contribution in [1.82, 2.24) is 14.5 Å². The molecule has 0 radical (unpaired) electrons. The molecule has 2 aromatic heterocycles. The van der Waals surface area contributed by atoms with Crippen LogP contribution >= 0.6 is 11.8 Å². The topological polar surface area (TPSA) is 77.0 Å². The standard InChI is InChI=1S/C22H21N3O3S/c1-14(12-28-2)25-21(27)16-8-4-6-10-19(16)24-22(25)29-13-20(26)17-11-23-18-9-5-3-7-15(17)18/h3-11,14,23H,12-13H2,1-2H3. The molecule has 1 N–H and O–H groups in total. The van der Waals surface area contributed by atoms with Crippen molar-refractivity contribution in [3.05, 3.63) is 70.6 Å². The first-order chi connectivity index (χ1) is 14.1. The summed E-state index contributed by atoms with van der Waals surface area (Å²) in [5, 5.41) is 1.98. The fraction of sp³-hybridized carbons (Fsp3) is 0.227.